The Morgan fingerprint density at radius 2 is 2.33 bits per heavy atom. The molecule has 0 aliphatic carbocycles. The van der Waals surface area contributed by atoms with Crippen molar-refractivity contribution in [1.29, 1.82) is 0 Å². The van der Waals surface area contributed by atoms with Crippen molar-refractivity contribution < 1.29 is 9.53 Å². The minimum absolute atomic E-state index is 0.168. The maximum absolute atomic E-state index is 11.1. The second-order valence-corrected chi connectivity index (χ2v) is 3.53. The van der Waals surface area contributed by atoms with Gasteiger partial charge in [0.05, 0.1) is 13.0 Å². The topological polar surface area (TPSA) is 51.2 Å². The molecule has 4 nitrogen and oxygen atoms in total. The third-order valence-electron chi connectivity index (χ3n) is 2.10. The summed E-state index contributed by atoms with van der Waals surface area (Å²) in [7, 11) is 1.39. The Morgan fingerprint density at radius 3 is 2.87 bits per heavy atom. The molecule has 0 fully saturated rings. The van der Waals surface area contributed by atoms with E-state index in [0.717, 1.165) is 11.4 Å². The van der Waals surface area contributed by atoms with Crippen molar-refractivity contribution in [3.8, 4) is 0 Å². The fraction of sp³-hybridized carbons (Fsp3) is 0.455. The number of anilines is 1. The largest absolute Gasteiger partial charge is 0.469 e. The number of pyridine rings is 1. The monoisotopic (exact) mass is 208 g/mol. The van der Waals surface area contributed by atoms with Gasteiger partial charge in [-0.05, 0) is 18.6 Å². The molecule has 82 valence electrons. The number of ether oxygens (including phenoxy) is 1. The molecular weight excluding hydrogens is 192 g/mol. The number of aryl methyl sites for hydroxylation is 1. The van der Waals surface area contributed by atoms with Crippen LogP contribution in [0.4, 0.5) is 5.82 Å². The molecule has 0 amide bonds. The zero-order valence-corrected chi connectivity index (χ0v) is 9.28. The highest BCUT2D eigenvalue weighted by Gasteiger charge is 2.12. The summed E-state index contributed by atoms with van der Waals surface area (Å²) in [4.78, 5) is 15.3. The lowest BCUT2D eigenvalue weighted by Gasteiger charge is -2.10. The van der Waals surface area contributed by atoms with Crippen LogP contribution < -0.4 is 5.32 Å². The van der Waals surface area contributed by atoms with E-state index in [4.69, 9.17) is 0 Å². The summed E-state index contributed by atoms with van der Waals surface area (Å²) in [6, 6.07) is 3.86. The minimum Gasteiger partial charge on any atom is -0.469 e. The normalized spacial score (nSPS) is 11.9. The van der Waals surface area contributed by atoms with Crippen LogP contribution in [0.2, 0.25) is 0 Å². The third-order valence-corrected chi connectivity index (χ3v) is 2.10. The first kappa shape index (κ1) is 11.5. The van der Waals surface area contributed by atoms with Crippen LogP contribution in [0.3, 0.4) is 0 Å². The van der Waals surface area contributed by atoms with Crippen LogP contribution in [-0.2, 0) is 9.53 Å². The molecule has 1 unspecified atom stereocenters. The minimum atomic E-state index is -0.213. The lowest BCUT2D eigenvalue weighted by molar-refractivity contribution is -0.144. The van der Waals surface area contributed by atoms with Gasteiger partial charge in [-0.15, -0.1) is 0 Å². The lowest BCUT2D eigenvalue weighted by Crippen LogP contribution is -2.21. The average molecular weight is 208 g/mol. The highest BCUT2D eigenvalue weighted by Crippen LogP contribution is 2.05. The highest BCUT2D eigenvalue weighted by molar-refractivity contribution is 5.72. The van der Waals surface area contributed by atoms with Crippen molar-refractivity contribution in [2.45, 2.75) is 13.8 Å². The van der Waals surface area contributed by atoms with E-state index in [-0.39, 0.29) is 11.9 Å². The Morgan fingerprint density at radius 1 is 1.60 bits per heavy atom. The molecule has 0 aliphatic rings. The van der Waals surface area contributed by atoms with Gasteiger partial charge < -0.3 is 10.1 Å². The van der Waals surface area contributed by atoms with Gasteiger partial charge in [0.15, 0.2) is 0 Å². The third kappa shape index (κ3) is 3.58. The number of nitrogens with zero attached hydrogens (tertiary/aromatic N) is 1. The molecule has 1 heterocycles. The SMILES string of the molecule is COC(=O)C(C)CNc1ccc(C)cn1. The Balaban J connectivity index is 2.43. The van der Waals surface area contributed by atoms with Crippen LogP contribution in [0.25, 0.3) is 0 Å². The van der Waals surface area contributed by atoms with Gasteiger partial charge >= 0.3 is 5.97 Å². The Kier molecular flexibility index (Phi) is 4.09. The van der Waals surface area contributed by atoms with Gasteiger partial charge in [0, 0.05) is 12.7 Å². The van der Waals surface area contributed by atoms with Crippen LogP contribution in [-0.4, -0.2) is 24.6 Å². The molecule has 4 heteroatoms. The predicted octanol–water partition coefficient (Wildman–Crippen LogP) is 1.61. The Bertz CT molecular complexity index is 322. The molecule has 0 bridgehead atoms. The summed E-state index contributed by atoms with van der Waals surface area (Å²) in [6.45, 7) is 4.32. The molecule has 1 rings (SSSR count). The first-order valence-electron chi connectivity index (χ1n) is 4.88. The van der Waals surface area contributed by atoms with Crippen molar-refractivity contribution in [3.05, 3.63) is 23.9 Å². The van der Waals surface area contributed by atoms with Crippen LogP contribution in [0.5, 0.6) is 0 Å². The number of aromatic nitrogens is 1. The van der Waals surface area contributed by atoms with Gasteiger partial charge in [-0.25, -0.2) is 4.98 Å². The summed E-state index contributed by atoms with van der Waals surface area (Å²) >= 11 is 0. The predicted molar refractivity (Wildman–Crippen MR) is 58.6 cm³/mol. The second kappa shape index (κ2) is 5.34. The number of hydrogen-bond acceptors (Lipinski definition) is 4. The molecule has 1 atom stereocenters. The zero-order valence-electron chi connectivity index (χ0n) is 9.28. The van der Waals surface area contributed by atoms with Gasteiger partial charge in [-0.1, -0.05) is 13.0 Å². The molecule has 0 radical (unpaired) electrons. The number of nitrogens with one attached hydrogen (secondary N) is 1. The van der Waals surface area contributed by atoms with Crippen molar-refractivity contribution in [2.24, 2.45) is 5.92 Å². The van der Waals surface area contributed by atoms with E-state index in [2.05, 4.69) is 15.0 Å². The second-order valence-electron chi connectivity index (χ2n) is 3.53. The molecule has 0 aromatic carbocycles. The summed E-state index contributed by atoms with van der Waals surface area (Å²) in [5.41, 5.74) is 1.11. The molecule has 15 heavy (non-hydrogen) atoms. The van der Waals surface area contributed by atoms with E-state index in [1.807, 2.05) is 26.0 Å². The van der Waals surface area contributed by atoms with Crippen molar-refractivity contribution in [3.63, 3.8) is 0 Å². The zero-order chi connectivity index (χ0) is 11.3. The Hall–Kier alpha value is -1.58. The van der Waals surface area contributed by atoms with Gasteiger partial charge in [-0.2, -0.15) is 0 Å². The van der Waals surface area contributed by atoms with Gasteiger partial charge in [0.1, 0.15) is 5.82 Å². The smallest absolute Gasteiger partial charge is 0.310 e. The number of esters is 1. The van der Waals surface area contributed by atoms with Crippen LogP contribution >= 0.6 is 0 Å². The van der Waals surface area contributed by atoms with Crippen LogP contribution in [0.1, 0.15) is 12.5 Å². The van der Waals surface area contributed by atoms with Crippen molar-refractivity contribution >= 4 is 11.8 Å². The van der Waals surface area contributed by atoms with E-state index in [9.17, 15) is 4.79 Å². The van der Waals surface area contributed by atoms with E-state index in [1.54, 1.807) is 6.20 Å². The summed E-state index contributed by atoms with van der Waals surface area (Å²) in [5.74, 6) is 0.393. The molecule has 1 aromatic rings. The summed E-state index contributed by atoms with van der Waals surface area (Å²) < 4.78 is 4.62. The molecule has 0 spiro atoms. The summed E-state index contributed by atoms with van der Waals surface area (Å²) in [6.07, 6.45) is 1.78. The number of carbonyl (C=O) groups excluding carboxylic acids is 1. The molecule has 0 saturated carbocycles. The molecule has 0 aliphatic heterocycles. The quantitative estimate of drug-likeness (QED) is 0.764. The Labute approximate surface area is 89.7 Å². The fourth-order valence-electron chi connectivity index (χ4n) is 1.11. The van der Waals surface area contributed by atoms with Crippen molar-refractivity contribution in [1.82, 2.24) is 4.98 Å². The molecule has 0 saturated heterocycles. The van der Waals surface area contributed by atoms with E-state index in [0.29, 0.717) is 6.54 Å². The van der Waals surface area contributed by atoms with Crippen molar-refractivity contribution in [2.75, 3.05) is 19.0 Å². The van der Waals surface area contributed by atoms with Gasteiger partial charge in [0.2, 0.25) is 0 Å². The molecule has 1 aromatic heterocycles. The van der Waals surface area contributed by atoms with E-state index in [1.165, 1.54) is 7.11 Å². The average Bonchev–Trinajstić information content (AvgIpc) is 2.26. The number of methoxy groups -OCH3 is 1. The van der Waals surface area contributed by atoms with Gasteiger partial charge in [-0.3, -0.25) is 4.79 Å². The molecule has 1 N–H and O–H groups in total. The van der Waals surface area contributed by atoms with Crippen LogP contribution in [0, 0.1) is 12.8 Å². The number of rotatable bonds is 4. The van der Waals surface area contributed by atoms with Crippen LogP contribution in [0.15, 0.2) is 18.3 Å². The fourth-order valence-corrected chi connectivity index (χ4v) is 1.11. The summed E-state index contributed by atoms with van der Waals surface area (Å²) in [5, 5.41) is 3.07. The van der Waals surface area contributed by atoms with Gasteiger partial charge in [0.25, 0.3) is 0 Å². The standard InChI is InChI=1S/C11H16N2O2/c1-8-4-5-10(12-6-8)13-7-9(2)11(14)15-3/h4-6,9H,7H2,1-3H3,(H,12,13). The first-order valence-corrected chi connectivity index (χ1v) is 4.88. The maximum Gasteiger partial charge on any atom is 0.310 e. The number of hydrogen-bond donors (Lipinski definition) is 1. The van der Waals surface area contributed by atoms with E-state index < -0.39 is 0 Å². The lowest BCUT2D eigenvalue weighted by atomic mass is 10.2. The highest BCUT2D eigenvalue weighted by atomic mass is 16.5. The number of carbonyl (C=O) groups is 1. The maximum atomic E-state index is 11.1. The first-order chi connectivity index (χ1) is 7.13. The van der Waals surface area contributed by atoms with E-state index >= 15 is 0 Å². The molecular formula is C11H16N2O2.